The van der Waals surface area contributed by atoms with Crippen LogP contribution < -0.4 is 5.46 Å². The van der Waals surface area contributed by atoms with Gasteiger partial charge in [-0.3, -0.25) is 0 Å². The largest absolute Gasteiger partial charge is 0.427 e. The maximum Gasteiger partial charge on any atom is 0.330 e. The lowest BCUT2D eigenvalue weighted by Crippen LogP contribution is -2.49. The summed E-state index contributed by atoms with van der Waals surface area (Å²) in [5.41, 5.74) is 4.93. The van der Waals surface area contributed by atoms with Crippen LogP contribution in [0.4, 0.5) is 0 Å². The summed E-state index contributed by atoms with van der Waals surface area (Å²) in [5.74, 6) is 0.647. The Morgan fingerprint density at radius 1 is 0.625 bits per heavy atom. The Morgan fingerprint density at radius 2 is 1.27 bits per heavy atom. The molecule has 6 heteroatoms. The molecular formula is C42H34BN2O2S. The molecule has 0 fully saturated rings. The fourth-order valence-corrected chi connectivity index (χ4v) is 7.32. The van der Waals surface area contributed by atoms with Crippen molar-refractivity contribution in [3.05, 3.63) is 127 Å². The third-order valence-electron chi connectivity index (χ3n) is 9.52. The number of thiophene rings is 1. The van der Waals surface area contributed by atoms with Crippen molar-refractivity contribution in [1.29, 1.82) is 0 Å². The standard InChI is InChI=1S/C42H34BN2O2S/c1-41(2,46)42(3,4)47-43-30-23-28(35-25-27-16-8-9-17-31(27)32-18-10-11-19-33(32)35)22-29(24-30)40-44-37(26-14-6-5-7-15-26)39-38(45-40)34-20-12-13-21-36(34)48-39/h5-25,46H,1-4H3. The molecular weight excluding hydrogens is 607 g/mol. The van der Waals surface area contributed by atoms with Crippen LogP contribution in [-0.2, 0) is 4.65 Å². The fourth-order valence-electron chi connectivity index (χ4n) is 6.17. The van der Waals surface area contributed by atoms with E-state index in [1.807, 2.05) is 19.9 Å². The summed E-state index contributed by atoms with van der Waals surface area (Å²) in [6, 6.07) is 44.6. The van der Waals surface area contributed by atoms with Crippen molar-refractivity contribution < 1.29 is 9.76 Å². The molecule has 233 valence electrons. The van der Waals surface area contributed by atoms with Crippen molar-refractivity contribution in [3.63, 3.8) is 0 Å². The number of hydrogen-bond donors (Lipinski definition) is 1. The van der Waals surface area contributed by atoms with Gasteiger partial charge in [-0.05, 0) is 78.6 Å². The van der Waals surface area contributed by atoms with E-state index in [1.54, 1.807) is 32.7 Å². The molecule has 2 aromatic heterocycles. The molecule has 0 aliphatic heterocycles. The number of fused-ring (bicyclic) bond motifs is 6. The Bertz CT molecular complexity index is 2480. The summed E-state index contributed by atoms with van der Waals surface area (Å²) >= 11 is 1.73. The normalized spacial score (nSPS) is 12.4. The molecule has 8 aromatic rings. The summed E-state index contributed by atoms with van der Waals surface area (Å²) in [7, 11) is 1.75. The second-order valence-corrected chi connectivity index (χ2v) is 14.4. The van der Waals surface area contributed by atoms with Crippen molar-refractivity contribution in [2.45, 2.75) is 38.9 Å². The smallest absolute Gasteiger partial charge is 0.330 e. The molecule has 8 rings (SSSR count). The average Bonchev–Trinajstić information content (AvgIpc) is 3.48. The third-order valence-corrected chi connectivity index (χ3v) is 10.7. The summed E-state index contributed by atoms with van der Waals surface area (Å²) in [6.45, 7) is 7.33. The lowest BCUT2D eigenvalue weighted by Gasteiger charge is -2.37. The summed E-state index contributed by atoms with van der Waals surface area (Å²) in [4.78, 5) is 10.5. The van der Waals surface area contributed by atoms with E-state index in [1.165, 1.54) is 26.2 Å². The Labute approximate surface area is 285 Å². The fraction of sp³-hybridized carbons (Fsp3) is 0.143. The van der Waals surface area contributed by atoms with Crippen LogP contribution in [-0.4, -0.2) is 33.8 Å². The van der Waals surface area contributed by atoms with E-state index >= 15 is 0 Å². The van der Waals surface area contributed by atoms with Gasteiger partial charge in [-0.15, -0.1) is 11.3 Å². The van der Waals surface area contributed by atoms with Gasteiger partial charge in [-0.25, -0.2) is 9.97 Å². The quantitative estimate of drug-likeness (QED) is 0.139. The Morgan fingerprint density at radius 3 is 2.04 bits per heavy atom. The number of benzene rings is 6. The van der Waals surface area contributed by atoms with E-state index in [0.717, 1.165) is 49.0 Å². The minimum atomic E-state index is -1.06. The van der Waals surface area contributed by atoms with Gasteiger partial charge in [0.2, 0.25) is 0 Å². The predicted octanol–water partition coefficient (Wildman–Crippen LogP) is 9.96. The monoisotopic (exact) mass is 641 g/mol. The van der Waals surface area contributed by atoms with Gasteiger partial charge in [0.25, 0.3) is 0 Å². The highest BCUT2D eigenvalue weighted by Gasteiger charge is 2.35. The van der Waals surface area contributed by atoms with E-state index in [4.69, 9.17) is 14.6 Å². The maximum absolute atomic E-state index is 10.8. The number of rotatable bonds is 7. The molecule has 0 atom stereocenters. The van der Waals surface area contributed by atoms with Gasteiger partial charge >= 0.3 is 7.48 Å². The zero-order valence-electron chi connectivity index (χ0n) is 27.4. The first kappa shape index (κ1) is 30.5. The maximum atomic E-state index is 10.8. The highest BCUT2D eigenvalue weighted by Crippen LogP contribution is 2.40. The molecule has 0 aliphatic carbocycles. The lowest BCUT2D eigenvalue weighted by atomic mass is 9.80. The first-order valence-electron chi connectivity index (χ1n) is 16.2. The lowest BCUT2D eigenvalue weighted by molar-refractivity contribution is -0.0893. The van der Waals surface area contributed by atoms with Crippen LogP contribution in [0, 0.1) is 0 Å². The molecule has 0 bridgehead atoms. The van der Waals surface area contributed by atoms with Crippen molar-refractivity contribution >= 4 is 66.1 Å². The van der Waals surface area contributed by atoms with Crippen LogP contribution >= 0.6 is 11.3 Å². The van der Waals surface area contributed by atoms with Gasteiger partial charge in [-0.1, -0.05) is 115 Å². The van der Waals surface area contributed by atoms with Crippen molar-refractivity contribution in [3.8, 4) is 33.8 Å². The molecule has 1 N–H and O–H groups in total. The first-order chi connectivity index (χ1) is 23.2. The van der Waals surface area contributed by atoms with Gasteiger partial charge in [0.1, 0.15) is 0 Å². The van der Waals surface area contributed by atoms with Crippen molar-refractivity contribution in [1.82, 2.24) is 9.97 Å². The summed E-state index contributed by atoms with van der Waals surface area (Å²) in [5, 5.41) is 16.7. The predicted molar refractivity (Wildman–Crippen MR) is 203 cm³/mol. The molecule has 0 saturated carbocycles. The SMILES string of the molecule is CC(C)(O)C(C)(C)O[B]c1cc(-c2nc(-c3ccccc3)c3sc4ccccc4c3n2)cc(-c2cc3ccccc3c3ccccc23)c1. The Balaban J connectivity index is 1.38. The minimum Gasteiger partial charge on any atom is -0.427 e. The molecule has 4 nitrogen and oxygen atoms in total. The van der Waals surface area contributed by atoms with Crippen molar-refractivity contribution in [2.75, 3.05) is 0 Å². The average molecular weight is 642 g/mol. The summed E-state index contributed by atoms with van der Waals surface area (Å²) < 4.78 is 8.57. The van der Waals surface area contributed by atoms with E-state index in [2.05, 4.69) is 121 Å². The summed E-state index contributed by atoms with van der Waals surface area (Å²) in [6.07, 6.45) is 0. The highest BCUT2D eigenvalue weighted by molar-refractivity contribution is 7.26. The molecule has 48 heavy (non-hydrogen) atoms. The number of aliphatic hydroxyl groups is 1. The molecule has 6 aromatic carbocycles. The zero-order chi connectivity index (χ0) is 33.0. The van der Waals surface area contributed by atoms with Crippen LogP contribution in [0.2, 0.25) is 0 Å². The van der Waals surface area contributed by atoms with Gasteiger partial charge in [-0.2, -0.15) is 0 Å². The Kier molecular flexibility index (Phi) is 7.41. The van der Waals surface area contributed by atoms with Gasteiger partial charge in [0.15, 0.2) is 5.82 Å². The highest BCUT2D eigenvalue weighted by atomic mass is 32.1. The second kappa shape index (κ2) is 11.7. The van der Waals surface area contributed by atoms with Crippen molar-refractivity contribution in [2.24, 2.45) is 0 Å². The third kappa shape index (κ3) is 5.36. The van der Waals surface area contributed by atoms with Gasteiger partial charge in [0.05, 0.1) is 27.1 Å². The van der Waals surface area contributed by atoms with E-state index in [-0.39, 0.29) is 0 Å². The van der Waals surface area contributed by atoms with E-state index < -0.39 is 11.2 Å². The van der Waals surface area contributed by atoms with Crippen LogP contribution in [0.1, 0.15) is 27.7 Å². The number of aromatic nitrogens is 2. The zero-order valence-corrected chi connectivity index (χ0v) is 28.2. The number of nitrogens with zero attached hydrogens (tertiary/aromatic N) is 2. The molecule has 2 heterocycles. The minimum absolute atomic E-state index is 0.647. The van der Waals surface area contributed by atoms with Crippen LogP contribution in [0.25, 0.3) is 75.6 Å². The number of hydrogen-bond acceptors (Lipinski definition) is 5. The molecule has 0 spiro atoms. The van der Waals surface area contributed by atoms with E-state index in [9.17, 15) is 5.11 Å². The second-order valence-electron chi connectivity index (χ2n) is 13.4. The molecule has 0 saturated heterocycles. The van der Waals surface area contributed by atoms with Crippen LogP contribution in [0.5, 0.6) is 0 Å². The topological polar surface area (TPSA) is 55.2 Å². The van der Waals surface area contributed by atoms with Gasteiger partial charge < -0.3 is 9.76 Å². The Hall–Kier alpha value is -4.88. The van der Waals surface area contributed by atoms with Crippen LogP contribution in [0.15, 0.2) is 127 Å². The first-order valence-corrected chi connectivity index (χ1v) is 17.0. The molecule has 0 aliphatic rings. The molecule has 0 unspecified atom stereocenters. The van der Waals surface area contributed by atoms with Gasteiger partial charge in [0, 0.05) is 21.2 Å². The van der Waals surface area contributed by atoms with Crippen LogP contribution in [0.3, 0.4) is 0 Å². The molecule has 0 amide bonds. The molecule has 1 radical (unpaired) electrons. The van der Waals surface area contributed by atoms with E-state index in [0.29, 0.717) is 5.82 Å².